The van der Waals surface area contributed by atoms with Gasteiger partial charge in [0.1, 0.15) is 0 Å². The first-order valence-corrected chi connectivity index (χ1v) is 6.45. The molecule has 3 rings (SSSR count). The zero-order valence-electron chi connectivity index (χ0n) is 9.71. The van der Waals surface area contributed by atoms with Gasteiger partial charge in [-0.25, -0.2) is 0 Å². The highest BCUT2D eigenvalue weighted by Crippen LogP contribution is 2.34. The molecule has 0 radical (unpaired) electrons. The smallest absolute Gasteiger partial charge is 0.0349 e. The van der Waals surface area contributed by atoms with E-state index in [2.05, 4.69) is 17.4 Å². The summed E-state index contributed by atoms with van der Waals surface area (Å²) in [6, 6.07) is 7.22. The van der Waals surface area contributed by atoms with Crippen LogP contribution >= 0.6 is 0 Å². The first-order valence-electron chi connectivity index (χ1n) is 6.45. The Labute approximate surface area is 97.2 Å². The van der Waals surface area contributed by atoms with E-state index >= 15 is 0 Å². The molecule has 0 spiro atoms. The van der Waals surface area contributed by atoms with Gasteiger partial charge in [0, 0.05) is 18.3 Å². The standard InChI is InChI=1S/C14H20N2/c15-14-6-2-4-12-10(3-1-5-13(12)14)9-16-11-7-8-11/h2,4,6,10-11,16H,1,3,5,7-9,15H2. The van der Waals surface area contributed by atoms with Crippen LogP contribution < -0.4 is 11.1 Å². The molecular weight excluding hydrogens is 196 g/mol. The van der Waals surface area contributed by atoms with Crippen molar-refractivity contribution in [1.29, 1.82) is 0 Å². The predicted octanol–water partition coefficient (Wildman–Crippen LogP) is 2.44. The van der Waals surface area contributed by atoms with Crippen molar-refractivity contribution in [3.63, 3.8) is 0 Å². The van der Waals surface area contributed by atoms with E-state index < -0.39 is 0 Å². The van der Waals surface area contributed by atoms with Crippen LogP contribution in [0.2, 0.25) is 0 Å². The van der Waals surface area contributed by atoms with E-state index in [0.29, 0.717) is 5.92 Å². The highest BCUT2D eigenvalue weighted by Gasteiger charge is 2.25. The van der Waals surface area contributed by atoms with Crippen molar-refractivity contribution >= 4 is 5.69 Å². The summed E-state index contributed by atoms with van der Waals surface area (Å²) >= 11 is 0. The topological polar surface area (TPSA) is 38.0 Å². The molecule has 0 aliphatic heterocycles. The zero-order chi connectivity index (χ0) is 11.0. The minimum atomic E-state index is 0.688. The van der Waals surface area contributed by atoms with Gasteiger partial charge in [0.25, 0.3) is 0 Å². The van der Waals surface area contributed by atoms with Crippen LogP contribution in [-0.4, -0.2) is 12.6 Å². The van der Waals surface area contributed by atoms with Gasteiger partial charge in [0.2, 0.25) is 0 Å². The lowest BCUT2D eigenvalue weighted by atomic mass is 9.82. The van der Waals surface area contributed by atoms with E-state index in [-0.39, 0.29) is 0 Å². The Morgan fingerprint density at radius 1 is 1.25 bits per heavy atom. The summed E-state index contributed by atoms with van der Waals surface area (Å²) in [6.07, 6.45) is 6.52. The Balaban J connectivity index is 1.78. The van der Waals surface area contributed by atoms with Crippen molar-refractivity contribution in [2.75, 3.05) is 12.3 Å². The normalized spacial score (nSPS) is 24.1. The van der Waals surface area contributed by atoms with Crippen LogP contribution in [0.5, 0.6) is 0 Å². The van der Waals surface area contributed by atoms with E-state index in [1.54, 1.807) is 0 Å². The maximum atomic E-state index is 6.05. The van der Waals surface area contributed by atoms with Crippen LogP contribution in [0, 0.1) is 0 Å². The molecule has 2 aliphatic carbocycles. The first-order chi connectivity index (χ1) is 7.84. The van der Waals surface area contributed by atoms with E-state index in [9.17, 15) is 0 Å². The highest BCUT2D eigenvalue weighted by molar-refractivity contribution is 5.53. The third-order valence-corrected chi connectivity index (χ3v) is 3.90. The molecule has 1 unspecified atom stereocenters. The van der Waals surface area contributed by atoms with Gasteiger partial charge in [-0.2, -0.15) is 0 Å². The summed E-state index contributed by atoms with van der Waals surface area (Å²) in [5.74, 6) is 0.688. The molecule has 0 aromatic heterocycles. The van der Waals surface area contributed by atoms with Gasteiger partial charge in [-0.3, -0.25) is 0 Å². The Bertz CT molecular complexity index is 382. The van der Waals surface area contributed by atoms with Crippen molar-refractivity contribution in [3.05, 3.63) is 29.3 Å². The number of nitrogens with one attached hydrogen (secondary N) is 1. The number of nitrogens with two attached hydrogens (primary N) is 1. The second-order valence-corrected chi connectivity index (χ2v) is 5.19. The lowest BCUT2D eigenvalue weighted by Crippen LogP contribution is -2.26. The average Bonchev–Trinajstić information content (AvgIpc) is 3.11. The van der Waals surface area contributed by atoms with Crippen molar-refractivity contribution < 1.29 is 0 Å². The molecule has 16 heavy (non-hydrogen) atoms. The Morgan fingerprint density at radius 3 is 2.94 bits per heavy atom. The minimum absolute atomic E-state index is 0.688. The average molecular weight is 216 g/mol. The summed E-state index contributed by atoms with van der Waals surface area (Å²) in [4.78, 5) is 0. The maximum Gasteiger partial charge on any atom is 0.0349 e. The molecule has 1 aromatic rings. The Kier molecular flexibility index (Phi) is 2.60. The fourth-order valence-electron chi connectivity index (χ4n) is 2.78. The SMILES string of the molecule is Nc1cccc2c1CCCC2CNC1CC1. The van der Waals surface area contributed by atoms with E-state index in [4.69, 9.17) is 5.73 Å². The molecule has 2 heteroatoms. The molecule has 0 heterocycles. The zero-order valence-corrected chi connectivity index (χ0v) is 9.71. The van der Waals surface area contributed by atoms with Crippen molar-refractivity contribution in [2.24, 2.45) is 0 Å². The first kappa shape index (κ1) is 10.2. The van der Waals surface area contributed by atoms with Gasteiger partial charge < -0.3 is 11.1 Å². The summed E-state index contributed by atoms with van der Waals surface area (Å²) < 4.78 is 0. The van der Waals surface area contributed by atoms with Gasteiger partial charge in [0.05, 0.1) is 0 Å². The van der Waals surface area contributed by atoms with Gasteiger partial charge in [-0.05, 0) is 55.2 Å². The molecule has 1 aromatic carbocycles. The number of fused-ring (bicyclic) bond motifs is 1. The van der Waals surface area contributed by atoms with E-state index in [0.717, 1.165) is 18.3 Å². The third kappa shape index (κ3) is 1.94. The molecule has 1 fully saturated rings. The number of anilines is 1. The second-order valence-electron chi connectivity index (χ2n) is 5.19. The molecule has 86 valence electrons. The molecule has 3 N–H and O–H groups in total. The number of rotatable bonds is 3. The van der Waals surface area contributed by atoms with Crippen LogP contribution in [0.15, 0.2) is 18.2 Å². The summed E-state index contributed by atoms with van der Waals surface area (Å²) in [7, 11) is 0. The van der Waals surface area contributed by atoms with Crippen molar-refractivity contribution in [2.45, 2.75) is 44.1 Å². The summed E-state index contributed by atoms with van der Waals surface area (Å²) in [5, 5.41) is 3.65. The Hall–Kier alpha value is -1.02. The number of benzene rings is 1. The summed E-state index contributed by atoms with van der Waals surface area (Å²) in [5.41, 5.74) is 9.96. The minimum Gasteiger partial charge on any atom is -0.398 e. The second kappa shape index (κ2) is 4.10. The van der Waals surface area contributed by atoms with Crippen LogP contribution in [0.3, 0.4) is 0 Å². The molecular formula is C14H20N2. The van der Waals surface area contributed by atoms with Gasteiger partial charge >= 0.3 is 0 Å². The molecule has 1 atom stereocenters. The van der Waals surface area contributed by atoms with Crippen molar-refractivity contribution in [3.8, 4) is 0 Å². The number of hydrogen-bond acceptors (Lipinski definition) is 2. The van der Waals surface area contributed by atoms with Crippen LogP contribution in [0.4, 0.5) is 5.69 Å². The molecule has 2 nitrogen and oxygen atoms in total. The molecule has 0 amide bonds. The van der Waals surface area contributed by atoms with Crippen molar-refractivity contribution in [1.82, 2.24) is 5.32 Å². The van der Waals surface area contributed by atoms with Crippen LogP contribution in [-0.2, 0) is 6.42 Å². The molecule has 2 aliphatic rings. The summed E-state index contributed by atoms with van der Waals surface area (Å²) in [6.45, 7) is 1.14. The number of hydrogen-bond donors (Lipinski definition) is 2. The third-order valence-electron chi connectivity index (χ3n) is 3.90. The molecule has 0 bridgehead atoms. The molecule has 1 saturated carbocycles. The highest BCUT2D eigenvalue weighted by atomic mass is 14.9. The largest absolute Gasteiger partial charge is 0.398 e. The number of nitrogen functional groups attached to an aromatic ring is 1. The fraction of sp³-hybridized carbons (Fsp3) is 0.571. The molecule has 0 saturated heterocycles. The van der Waals surface area contributed by atoms with Crippen LogP contribution in [0.25, 0.3) is 0 Å². The Morgan fingerprint density at radius 2 is 2.12 bits per heavy atom. The fourth-order valence-corrected chi connectivity index (χ4v) is 2.78. The van der Waals surface area contributed by atoms with E-state index in [1.165, 1.54) is 43.2 Å². The monoisotopic (exact) mass is 216 g/mol. The lowest BCUT2D eigenvalue weighted by molar-refractivity contribution is 0.506. The van der Waals surface area contributed by atoms with Gasteiger partial charge in [0.15, 0.2) is 0 Å². The van der Waals surface area contributed by atoms with E-state index in [1.807, 2.05) is 6.07 Å². The predicted molar refractivity (Wildman–Crippen MR) is 67.6 cm³/mol. The quantitative estimate of drug-likeness (QED) is 0.762. The lowest BCUT2D eigenvalue weighted by Gasteiger charge is -2.26. The van der Waals surface area contributed by atoms with Gasteiger partial charge in [-0.15, -0.1) is 0 Å². The van der Waals surface area contributed by atoms with Crippen LogP contribution in [0.1, 0.15) is 42.7 Å². The maximum absolute atomic E-state index is 6.05. The van der Waals surface area contributed by atoms with Gasteiger partial charge in [-0.1, -0.05) is 12.1 Å².